The number of nitrogen functional groups attached to an aromatic ring is 1. The lowest BCUT2D eigenvalue weighted by Gasteiger charge is -2.28. The second-order valence-electron chi connectivity index (χ2n) is 5.05. The van der Waals surface area contributed by atoms with Crippen LogP contribution in [0.4, 0.5) is 5.69 Å². The molecule has 2 aromatic rings. The first kappa shape index (κ1) is 13.0. The summed E-state index contributed by atoms with van der Waals surface area (Å²) >= 11 is 1.43. The molecule has 0 fully saturated rings. The molecule has 20 heavy (non-hydrogen) atoms. The van der Waals surface area contributed by atoms with Gasteiger partial charge in [-0.2, -0.15) is 0 Å². The van der Waals surface area contributed by atoms with Gasteiger partial charge in [0.2, 0.25) is 0 Å². The fraction of sp³-hybridized carbons (Fsp3) is 0.267. The molecular formula is C15H16N2O2S. The lowest BCUT2D eigenvalue weighted by molar-refractivity contribution is 0.0739. The Labute approximate surface area is 121 Å². The van der Waals surface area contributed by atoms with Gasteiger partial charge in [0.25, 0.3) is 5.91 Å². The molecule has 3 N–H and O–H groups in total. The number of amides is 1. The van der Waals surface area contributed by atoms with E-state index in [1.807, 2.05) is 17.9 Å². The van der Waals surface area contributed by atoms with Crippen molar-refractivity contribution in [2.75, 3.05) is 12.3 Å². The molecular weight excluding hydrogens is 272 g/mol. The SMILES string of the molecule is Cc1sc(C(=O)N2CCc3ccc(O)cc3C2)cc1N. The Hall–Kier alpha value is -2.01. The molecule has 0 saturated carbocycles. The molecule has 1 aromatic heterocycles. The zero-order valence-corrected chi connectivity index (χ0v) is 12.0. The van der Waals surface area contributed by atoms with Crippen molar-refractivity contribution >= 4 is 22.9 Å². The molecule has 1 aliphatic heterocycles. The molecule has 0 radical (unpaired) electrons. The second-order valence-corrected chi connectivity index (χ2v) is 6.31. The van der Waals surface area contributed by atoms with Crippen molar-refractivity contribution in [2.24, 2.45) is 0 Å². The van der Waals surface area contributed by atoms with Gasteiger partial charge in [-0.05, 0) is 42.7 Å². The predicted octanol–water partition coefficient (Wildman–Crippen LogP) is 2.54. The van der Waals surface area contributed by atoms with Crippen LogP contribution in [0.2, 0.25) is 0 Å². The number of carbonyl (C=O) groups excluding carboxylic acids is 1. The lowest BCUT2D eigenvalue weighted by Crippen LogP contribution is -2.35. The highest BCUT2D eigenvalue weighted by Gasteiger charge is 2.23. The van der Waals surface area contributed by atoms with E-state index in [0.717, 1.165) is 16.9 Å². The highest BCUT2D eigenvalue weighted by atomic mass is 32.1. The summed E-state index contributed by atoms with van der Waals surface area (Å²) in [5.41, 5.74) is 8.71. The molecule has 0 spiro atoms. The summed E-state index contributed by atoms with van der Waals surface area (Å²) in [6, 6.07) is 7.11. The maximum atomic E-state index is 12.5. The van der Waals surface area contributed by atoms with Crippen molar-refractivity contribution in [3.8, 4) is 5.75 Å². The fourth-order valence-electron chi connectivity index (χ4n) is 2.47. The number of nitrogens with zero attached hydrogens (tertiary/aromatic N) is 1. The number of hydrogen-bond acceptors (Lipinski definition) is 4. The van der Waals surface area contributed by atoms with Crippen LogP contribution in [0.1, 0.15) is 25.7 Å². The summed E-state index contributed by atoms with van der Waals surface area (Å²) in [5.74, 6) is 0.262. The summed E-state index contributed by atoms with van der Waals surface area (Å²) in [4.78, 5) is 15.9. The molecule has 1 aliphatic rings. The van der Waals surface area contributed by atoms with Gasteiger partial charge in [-0.1, -0.05) is 6.07 Å². The number of phenolic OH excluding ortho intramolecular Hbond substituents is 1. The van der Waals surface area contributed by atoms with Crippen molar-refractivity contribution in [1.29, 1.82) is 0 Å². The highest BCUT2D eigenvalue weighted by molar-refractivity contribution is 7.14. The third-order valence-electron chi connectivity index (χ3n) is 3.66. The highest BCUT2D eigenvalue weighted by Crippen LogP contribution is 2.28. The number of anilines is 1. The number of benzene rings is 1. The second kappa shape index (κ2) is 4.83. The van der Waals surface area contributed by atoms with E-state index >= 15 is 0 Å². The van der Waals surface area contributed by atoms with Gasteiger partial charge in [0.1, 0.15) is 5.75 Å². The average Bonchev–Trinajstić information content (AvgIpc) is 2.77. The van der Waals surface area contributed by atoms with Gasteiger partial charge >= 0.3 is 0 Å². The molecule has 0 atom stereocenters. The minimum atomic E-state index is 0.0174. The number of aryl methyl sites for hydroxylation is 1. The summed E-state index contributed by atoms with van der Waals surface area (Å²) in [7, 11) is 0. The topological polar surface area (TPSA) is 66.6 Å². The van der Waals surface area contributed by atoms with Crippen LogP contribution in [0.25, 0.3) is 0 Å². The molecule has 5 heteroatoms. The van der Waals surface area contributed by atoms with Gasteiger partial charge in [0.05, 0.1) is 4.88 Å². The maximum absolute atomic E-state index is 12.5. The molecule has 104 valence electrons. The Kier molecular flexibility index (Phi) is 3.14. The first-order chi connectivity index (χ1) is 9.54. The van der Waals surface area contributed by atoms with E-state index in [0.29, 0.717) is 23.7 Å². The van der Waals surface area contributed by atoms with Crippen molar-refractivity contribution < 1.29 is 9.90 Å². The average molecular weight is 288 g/mol. The zero-order chi connectivity index (χ0) is 14.3. The molecule has 1 amide bonds. The number of phenols is 1. The van der Waals surface area contributed by atoms with Crippen LogP contribution < -0.4 is 5.73 Å². The van der Waals surface area contributed by atoms with Crippen LogP contribution in [0.3, 0.4) is 0 Å². The van der Waals surface area contributed by atoms with Gasteiger partial charge in [0.15, 0.2) is 0 Å². The van der Waals surface area contributed by atoms with Crippen LogP contribution in [-0.2, 0) is 13.0 Å². The van der Waals surface area contributed by atoms with E-state index < -0.39 is 0 Å². The number of aromatic hydroxyl groups is 1. The van der Waals surface area contributed by atoms with E-state index in [1.165, 1.54) is 16.9 Å². The summed E-state index contributed by atoms with van der Waals surface area (Å²) in [6.45, 7) is 3.16. The van der Waals surface area contributed by atoms with E-state index in [1.54, 1.807) is 18.2 Å². The molecule has 0 saturated heterocycles. The number of nitrogens with two attached hydrogens (primary N) is 1. The van der Waals surface area contributed by atoms with E-state index in [9.17, 15) is 9.90 Å². The van der Waals surface area contributed by atoms with Gasteiger partial charge in [-0.3, -0.25) is 4.79 Å². The Morgan fingerprint density at radius 3 is 2.85 bits per heavy atom. The van der Waals surface area contributed by atoms with E-state index in [4.69, 9.17) is 5.73 Å². The summed E-state index contributed by atoms with van der Waals surface area (Å²) < 4.78 is 0. The van der Waals surface area contributed by atoms with Gasteiger partial charge < -0.3 is 15.7 Å². The number of hydrogen-bond donors (Lipinski definition) is 2. The molecule has 4 nitrogen and oxygen atoms in total. The zero-order valence-electron chi connectivity index (χ0n) is 11.2. The predicted molar refractivity (Wildman–Crippen MR) is 80.0 cm³/mol. The van der Waals surface area contributed by atoms with Crippen molar-refractivity contribution in [3.05, 3.63) is 45.1 Å². The normalized spacial score (nSPS) is 14.2. The Morgan fingerprint density at radius 1 is 1.35 bits per heavy atom. The van der Waals surface area contributed by atoms with E-state index in [-0.39, 0.29) is 11.7 Å². The van der Waals surface area contributed by atoms with Crippen LogP contribution in [0, 0.1) is 6.92 Å². The number of fused-ring (bicyclic) bond motifs is 1. The van der Waals surface area contributed by atoms with Crippen LogP contribution >= 0.6 is 11.3 Å². The monoisotopic (exact) mass is 288 g/mol. The third kappa shape index (κ3) is 2.25. The third-order valence-corrected chi connectivity index (χ3v) is 4.71. The van der Waals surface area contributed by atoms with E-state index in [2.05, 4.69) is 0 Å². The molecule has 0 aliphatic carbocycles. The molecule has 2 heterocycles. The number of carbonyl (C=O) groups is 1. The summed E-state index contributed by atoms with van der Waals surface area (Å²) in [6.07, 6.45) is 0.821. The van der Waals surface area contributed by atoms with Crippen molar-refractivity contribution in [2.45, 2.75) is 19.9 Å². The van der Waals surface area contributed by atoms with Crippen molar-refractivity contribution in [1.82, 2.24) is 4.90 Å². The number of rotatable bonds is 1. The summed E-state index contributed by atoms with van der Waals surface area (Å²) in [5, 5.41) is 9.55. The first-order valence-electron chi connectivity index (χ1n) is 6.50. The molecule has 0 unspecified atom stereocenters. The van der Waals surface area contributed by atoms with Crippen molar-refractivity contribution in [3.63, 3.8) is 0 Å². The minimum Gasteiger partial charge on any atom is -0.508 e. The number of thiophene rings is 1. The largest absolute Gasteiger partial charge is 0.508 e. The van der Waals surface area contributed by atoms with Crippen LogP contribution in [0.15, 0.2) is 24.3 Å². The minimum absolute atomic E-state index is 0.0174. The smallest absolute Gasteiger partial charge is 0.264 e. The Bertz CT molecular complexity index is 659. The maximum Gasteiger partial charge on any atom is 0.264 e. The molecule has 1 aromatic carbocycles. The van der Waals surface area contributed by atoms with Gasteiger partial charge in [-0.25, -0.2) is 0 Å². The van der Waals surface area contributed by atoms with Crippen LogP contribution in [-0.4, -0.2) is 22.5 Å². The standard InChI is InChI=1S/C15H16N2O2S/c1-9-13(16)7-14(20-9)15(19)17-5-4-10-2-3-12(18)6-11(10)8-17/h2-3,6-7,18H,4-5,8,16H2,1H3. The lowest BCUT2D eigenvalue weighted by atomic mass is 9.99. The van der Waals surface area contributed by atoms with Gasteiger partial charge in [-0.15, -0.1) is 11.3 Å². The Morgan fingerprint density at radius 2 is 2.15 bits per heavy atom. The molecule has 0 bridgehead atoms. The Balaban J connectivity index is 1.84. The fourth-order valence-corrected chi connectivity index (χ4v) is 3.38. The van der Waals surface area contributed by atoms with Crippen LogP contribution in [0.5, 0.6) is 5.75 Å². The quantitative estimate of drug-likeness (QED) is 0.847. The first-order valence-corrected chi connectivity index (χ1v) is 7.32. The van der Waals surface area contributed by atoms with Gasteiger partial charge in [0, 0.05) is 23.7 Å². The molecule has 3 rings (SSSR count).